The van der Waals surface area contributed by atoms with E-state index in [1.807, 2.05) is 50.2 Å². The van der Waals surface area contributed by atoms with E-state index in [1.54, 1.807) is 19.2 Å². The average molecular weight is 300 g/mol. The molecule has 0 saturated carbocycles. The molecule has 2 aromatic carbocycles. The molecule has 4 heteroatoms. The molecule has 2 rings (SSSR count). The largest absolute Gasteiger partial charge is 0.496 e. The smallest absolute Gasteiger partial charge is 0.310 e. The van der Waals surface area contributed by atoms with Gasteiger partial charge in [-0.25, -0.2) is 0 Å². The van der Waals surface area contributed by atoms with Crippen LogP contribution in [0.2, 0.25) is 0 Å². The standard InChI is InChI=1S/C18H20O4/c1-13(2)21-18(19)12-14-11-16(9-10-17(14)20-3)22-15-7-5-4-6-8-15/h4-11,13H,12H2,1-3H3. The van der Waals surface area contributed by atoms with E-state index in [1.165, 1.54) is 0 Å². The minimum absolute atomic E-state index is 0.137. The fraction of sp³-hybridized carbons (Fsp3) is 0.278. The summed E-state index contributed by atoms with van der Waals surface area (Å²) in [5.74, 6) is 1.74. The zero-order valence-electron chi connectivity index (χ0n) is 13.0. The van der Waals surface area contributed by atoms with Crippen LogP contribution >= 0.6 is 0 Å². The number of carbonyl (C=O) groups is 1. The highest BCUT2D eigenvalue weighted by molar-refractivity contribution is 5.74. The number of para-hydroxylation sites is 1. The van der Waals surface area contributed by atoms with E-state index in [0.29, 0.717) is 11.5 Å². The van der Waals surface area contributed by atoms with Crippen molar-refractivity contribution in [2.45, 2.75) is 26.4 Å². The predicted molar refractivity (Wildman–Crippen MR) is 84.4 cm³/mol. The van der Waals surface area contributed by atoms with Gasteiger partial charge in [0.05, 0.1) is 19.6 Å². The van der Waals surface area contributed by atoms with Crippen LogP contribution in [0.3, 0.4) is 0 Å². The number of benzene rings is 2. The van der Waals surface area contributed by atoms with Crippen LogP contribution < -0.4 is 9.47 Å². The lowest BCUT2D eigenvalue weighted by Crippen LogP contribution is -2.14. The molecule has 4 nitrogen and oxygen atoms in total. The molecule has 0 saturated heterocycles. The van der Waals surface area contributed by atoms with Gasteiger partial charge >= 0.3 is 5.97 Å². The second kappa shape index (κ2) is 7.50. The van der Waals surface area contributed by atoms with Gasteiger partial charge in [-0.1, -0.05) is 18.2 Å². The van der Waals surface area contributed by atoms with E-state index in [9.17, 15) is 4.79 Å². The summed E-state index contributed by atoms with van der Waals surface area (Å²) in [7, 11) is 1.57. The molecule has 0 fully saturated rings. The second-order valence-electron chi connectivity index (χ2n) is 5.10. The van der Waals surface area contributed by atoms with E-state index in [4.69, 9.17) is 14.2 Å². The van der Waals surface area contributed by atoms with E-state index < -0.39 is 0 Å². The van der Waals surface area contributed by atoms with E-state index in [-0.39, 0.29) is 18.5 Å². The second-order valence-corrected chi connectivity index (χ2v) is 5.10. The molecule has 116 valence electrons. The first-order valence-electron chi connectivity index (χ1n) is 7.18. The SMILES string of the molecule is COc1ccc(Oc2ccccc2)cc1CC(=O)OC(C)C. The summed E-state index contributed by atoms with van der Waals surface area (Å²) in [6, 6.07) is 14.9. The summed E-state index contributed by atoms with van der Waals surface area (Å²) < 4.78 is 16.2. The first-order chi connectivity index (χ1) is 10.6. The lowest BCUT2D eigenvalue weighted by atomic mass is 10.1. The lowest BCUT2D eigenvalue weighted by molar-refractivity contribution is -0.146. The number of esters is 1. The third kappa shape index (κ3) is 4.52. The molecule has 0 aliphatic heterocycles. The van der Waals surface area contributed by atoms with Crippen molar-refractivity contribution in [1.29, 1.82) is 0 Å². The van der Waals surface area contributed by atoms with Crippen molar-refractivity contribution in [3.05, 3.63) is 54.1 Å². The highest BCUT2D eigenvalue weighted by atomic mass is 16.5. The fourth-order valence-electron chi connectivity index (χ4n) is 2.04. The zero-order valence-corrected chi connectivity index (χ0v) is 13.0. The maximum Gasteiger partial charge on any atom is 0.310 e. The summed E-state index contributed by atoms with van der Waals surface area (Å²) in [6.45, 7) is 3.65. The molecule has 0 bridgehead atoms. The molecule has 0 aliphatic rings. The molecule has 22 heavy (non-hydrogen) atoms. The van der Waals surface area contributed by atoms with Gasteiger partial charge < -0.3 is 14.2 Å². The Morgan fingerprint density at radius 2 is 1.77 bits per heavy atom. The van der Waals surface area contributed by atoms with Crippen LogP contribution in [0.15, 0.2) is 48.5 Å². The van der Waals surface area contributed by atoms with Crippen molar-refractivity contribution in [2.24, 2.45) is 0 Å². The van der Waals surface area contributed by atoms with Gasteiger partial charge in [0.1, 0.15) is 17.2 Å². The average Bonchev–Trinajstić information content (AvgIpc) is 2.47. The van der Waals surface area contributed by atoms with Gasteiger partial charge in [-0.2, -0.15) is 0 Å². The molecule has 0 unspecified atom stereocenters. The van der Waals surface area contributed by atoms with Crippen molar-refractivity contribution in [3.63, 3.8) is 0 Å². The van der Waals surface area contributed by atoms with Gasteiger partial charge in [0.25, 0.3) is 0 Å². The van der Waals surface area contributed by atoms with Crippen molar-refractivity contribution < 1.29 is 19.0 Å². The van der Waals surface area contributed by atoms with Crippen molar-refractivity contribution in [1.82, 2.24) is 0 Å². The number of rotatable bonds is 6. The van der Waals surface area contributed by atoms with Crippen molar-refractivity contribution in [2.75, 3.05) is 7.11 Å². The predicted octanol–water partition coefficient (Wildman–Crippen LogP) is 3.98. The summed E-state index contributed by atoms with van der Waals surface area (Å²) in [5.41, 5.74) is 0.738. The van der Waals surface area contributed by atoms with E-state index in [0.717, 1.165) is 11.3 Å². The Hall–Kier alpha value is -2.49. The lowest BCUT2D eigenvalue weighted by Gasteiger charge is -2.12. The molecular weight excluding hydrogens is 280 g/mol. The molecule has 0 atom stereocenters. The Kier molecular flexibility index (Phi) is 5.42. The van der Waals surface area contributed by atoms with Gasteiger partial charge in [-0.05, 0) is 44.2 Å². The Balaban J connectivity index is 2.17. The molecule has 0 aromatic heterocycles. The summed E-state index contributed by atoms with van der Waals surface area (Å²) in [4.78, 5) is 11.8. The van der Waals surface area contributed by atoms with Crippen LogP contribution in [0.25, 0.3) is 0 Å². The van der Waals surface area contributed by atoms with Crippen LogP contribution in [-0.4, -0.2) is 19.2 Å². The van der Waals surface area contributed by atoms with Crippen LogP contribution in [0.1, 0.15) is 19.4 Å². The molecule has 0 heterocycles. The van der Waals surface area contributed by atoms with Gasteiger partial charge in [-0.15, -0.1) is 0 Å². The Morgan fingerprint density at radius 3 is 2.41 bits per heavy atom. The topological polar surface area (TPSA) is 44.8 Å². The maximum atomic E-state index is 11.8. The van der Waals surface area contributed by atoms with Crippen LogP contribution in [-0.2, 0) is 16.0 Å². The molecule has 0 amide bonds. The summed E-state index contributed by atoms with van der Waals surface area (Å²) in [5, 5.41) is 0. The number of ether oxygens (including phenoxy) is 3. The highest BCUT2D eigenvalue weighted by Crippen LogP contribution is 2.28. The molecular formula is C18H20O4. The molecule has 2 aromatic rings. The summed E-state index contributed by atoms with van der Waals surface area (Å²) >= 11 is 0. The summed E-state index contributed by atoms with van der Waals surface area (Å²) in [6.07, 6.45) is 0.00936. The molecule has 0 aliphatic carbocycles. The minimum atomic E-state index is -0.287. The van der Waals surface area contributed by atoms with Gasteiger partial charge in [0.15, 0.2) is 0 Å². The maximum absolute atomic E-state index is 11.8. The third-order valence-corrected chi connectivity index (χ3v) is 2.93. The van der Waals surface area contributed by atoms with Crippen LogP contribution in [0.5, 0.6) is 17.2 Å². The zero-order chi connectivity index (χ0) is 15.9. The molecule has 0 N–H and O–H groups in total. The monoisotopic (exact) mass is 300 g/mol. The minimum Gasteiger partial charge on any atom is -0.496 e. The first-order valence-corrected chi connectivity index (χ1v) is 7.18. The number of carbonyl (C=O) groups excluding carboxylic acids is 1. The van der Waals surface area contributed by atoms with Crippen molar-refractivity contribution in [3.8, 4) is 17.2 Å². The molecule has 0 spiro atoms. The van der Waals surface area contributed by atoms with E-state index >= 15 is 0 Å². The van der Waals surface area contributed by atoms with Crippen LogP contribution in [0.4, 0.5) is 0 Å². The number of hydrogen-bond donors (Lipinski definition) is 0. The first kappa shape index (κ1) is 15.9. The Bertz CT molecular complexity index is 620. The number of methoxy groups -OCH3 is 1. The van der Waals surface area contributed by atoms with Gasteiger partial charge in [0, 0.05) is 5.56 Å². The number of hydrogen-bond acceptors (Lipinski definition) is 4. The van der Waals surface area contributed by atoms with E-state index in [2.05, 4.69) is 0 Å². The fourth-order valence-corrected chi connectivity index (χ4v) is 2.04. The molecule has 0 radical (unpaired) electrons. The van der Waals surface area contributed by atoms with Crippen molar-refractivity contribution >= 4 is 5.97 Å². The highest BCUT2D eigenvalue weighted by Gasteiger charge is 2.13. The Morgan fingerprint density at radius 1 is 1.05 bits per heavy atom. The third-order valence-electron chi connectivity index (χ3n) is 2.93. The quantitative estimate of drug-likeness (QED) is 0.757. The van der Waals surface area contributed by atoms with Gasteiger partial charge in [-0.3, -0.25) is 4.79 Å². The Labute approximate surface area is 130 Å². The van der Waals surface area contributed by atoms with Gasteiger partial charge in [0.2, 0.25) is 0 Å². The normalized spacial score (nSPS) is 10.4. The van der Waals surface area contributed by atoms with Crippen LogP contribution in [0, 0.1) is 0 Å².